The lowest BCUT2D eigenvalue weighted by Gasteiger charge is -2.30. The van der Waals surface area contributed by atoms with Gasteiger partial charge < -0.3 is 20.3 Å². The van der Waals surface area contributed by atoms with Gasteiger partial charge in [0, 0.05) is 37.8 Å². The van der Waals surface area contributed by atoms with Crippen molar-refractivity contribution in [3.63, 3.8) is 0 Å². The van der Waals surface area contributed by atoms with Crippen LogP contribution in [0.5, 0.6) is 5.75 Å². The predicted molar refractivity (Wildman–Crippen MR) is 105 cm³/mol. The van der Waals surface area contributed by atoms with Crippen LogP contribution in [0, 0.1) is 13.8 Å². The van der Waals surface area contributed by atoms with E-state index >= 15 is 0 Å². The van der Waals surface area contributed by atoms with Gasteiger partial charge in [0.15, 0.2) is 6.61 Å². The summed E-state index contributed by atoms with van der Waals surface area (Å²) in [4.78, 5) is 28.9. The van der Waals surface area contributed by atoms with Crippen molar-refractivity contribution < 1.29 is 14.3 Å². The number of hydrogen-bond acceptors (Lipinski definition) is 4. The molecule has 2 amide bonds. The van der Waals surface area contributed by atoms with Crippen LogP contribution in [0.2, 0.25) is 0 Å². The largest absolute Gasteiger partial charge is 0.483 e. The van der Waals surface area contributed by atoms with Crippen molar-refractivity contribution in [2.75, 3.05) is 32.8 Å². The number of ether oxygens (including phenoxy) is 1. The van der Waals surface area contributed by atoms with Crippen LogP contribution in [0.15, 0.2) is 12.1 Å². The summed E-state index contributed by atoms with van der Waals surface area (Å²) in [6.07, 6.45) is 5.04. The molecule has 0 radical (unpaired) electrons. The van der Waals surface area contributed by atoms with E-state index in [0.29, 0.717) is 24.4 Å². The molecule has 1 aromatic rings. The fourth-order valence-electron chi connectivity index (χ4n) is 3.96. The normalized spacial score (nSPS) is 18.5. The number of nitrogens with zero attached hydrogens (tertiary/aromatic N) is 2. The maximum absolute atomic E-state index is 12.8. The Morgan fingerprint density at radius 3 is 2.19 bits per heavy atom. The molecule has 6 heteroatoms. The number of carbonyl (C=O) groups excluding carboxylic acids is 2. The quantitative estimate of drug-likeness (QED) is 0.878. The molecule has 2 aliphatic heterocycles. The molecule has 6 nitrogen and oxygen atoms in total. The molecule has 0 saturated carbocycles. The van der Waals surface area contributed by atoms with Crippen LogP contribution in [-0.2, 0) is 4.79 Å². The molecule has 0 bridgehead atoms. The molecule has 0 atom stereocenters. The van der Waals surface area contributed by atoms with Crippen LogP contribution >= 0.6 is 0 Å². The fourth-order valence-corrected chi connectivity index (χ4v) is 3.96. The van der Waals surface area contributed by atoms with Crippen LogP contribution in [-0.4, -0.2) is 60.4 Å². The maximum atomic E-state index is 12.8. The first-order valence-electron chi connectivity index (χ1n) is 10.0. The minimum Gasteiger partial charge on any atom is -0.483 e. The zero-order chi connectivity index (χ0) is 19.4. The summed E-state index contributed by atoms with van der Waals surface area (Å²) in [5.41, 5.74) is 8.38. The van der Waals surface area contributed by atoms with Crippen molar-refractivity contribution in [2.24, 2.45) is 5.73 Å². The molecule has 148 valence electrons. The number of benzene rings is 1. The van der Waals surface area contributed by atoms with E-state index in [1.165, 1.54) is 6.42 Å². The number of carbonyl (C=O) groups is 2. The molecule has 2 aliphatic rings. The molecule has 0 aromatic heterocycles. The topological polar surface area (TPSA) is 75.9 Å². The second-order valence-corrected chi connectivity index (χ2v) is 7.80. The fraction of sp³-hybridized carbons (Fsp3) is 0.619. The molecule has 0 unspecified atom stereocenters. The lowest BCUT2D eigenvalue weighted by molar-refractivity contribution is -0.134. The van der Waals surface area contributed by atoms with Gasteiger partial charge in [0.1, 0.15) is 5.75 Å². The Morgan fingerprint density at radius 1 is 1.00 bits per heavy atom. The number of amides is 2. The molecule has 0 spiro atoms. The minimum atomic E-state index is 0.0401. The van der Waals surface area contributed by atoms with Crippen molar-refractivity contribution >= 4 is 11.8 Å². The number of piperidine rings is 2. The highest BCUT2D eigenvalue weighted by atomic mass is 16.5. The van der Waals surface area contributed by atoms with E-state index in [4.69, 9.17) is 10.5 Å². The lowest BCUT2D eigenvalue weighted by Crippen LogP contribution is -2.42. The van der Waals surface area contributed by atoms with Crippen molar-refractivity contribution in [3.8, 4) is 5.75 Å². The second-order valence-electron chi connectivity index (χ2n) is 7.80. The highest BCUT2D eigenvalue weighted by molar-refractivity contribution is 5.95. The van der Waals surface area contributed by atoms with Gasteiger partial charge in [-0.1, -0.05) is 0 Å². The molecular formula is C21H31N3O3. The van der Waals surface area contributed by atoms with E-state index in [1.54, 1.807) is 0 Å². The van der Waals surface area contributed by atoms with Gasteiger partial charge in [-0.15, -0.1) is 0 Å². The van der Waals surface area contributed by atoms with Crippen molar-refractivity contribution in [2.45, 2.75) is 52.0 Å². The van der Waals surface area contributed by atoms with Gasteiger partial charge in [0.05, 0.1) is 0 Å². The van der Waals surface area contributed by atoms with Crippen molar-refractivity contribution in [1.82, 2.24) is 9.80 Å². The van der Waals surface area contributed by atoms with Gasteiger partial charge in [-0.2, -0.15) is 0 Å². The van der Waals surface area contributed by atoms with E-state index in [2.05, 4.69) is 0 Å². The minimum absolute atomic E-state index is 0.0401. The first kappa shape index (κ1) is 19.7. The molecule has 3 rings (SSSR count). The summed E-state index contributed by atoms with van der Waals surface area (Å²) in [6, 6.07) is 3.93. The van der Waals surface area contributed by atoms with Crippen molar-refractivity contribution in [3.05, 3.63) is 28.8 Å². The Kier molecular flexibility index (Phi) is 6.37. The highest BCUT2D eigenvalue weighted by Crippen LogP contribution is 2.26. The third-order valence-corrected chi connectivity index (χ3v) is 5.58. The van der Waals surface area contributed by atoms with Crippen LogP contribution in [0.4, 0.5) is 0 Å². The molecule has 2 saturated heterocycles. The summed E-state index contributed by atoms with van der Waals surface area (Å²) < 4.78 is 5.84. The third-order valence-electron chi connectivity index (χ3n) is 5.58. The van der Waals surface area contributed by atoms with Crippen LogP contribution in [0.1, 0.15) is 53.6 Å². The Labute approximate surface area is 161 Å². The Morgan fingerprint density at radius 2 is 1.59 bits per heavy atom. The average molecular weight is 373 g/mol. The summed E-state index contributed by atoms with van der Waals surface area (Å²) in [5, 5.41) is 0. The smallest absolute Gasteiger partial charge is 0.260 e. The standard InChI is InChI=1S/C21H31N3O3/c1-15-12-17(21(26)24-10-6-18(22)7-11-24)13-16(2)20(15)27-14-19(25)23-8-4-3-5-9-23/h12-13,18H,3-11,14,22H2,1-2H3. The summed E-state index contributed by atoms with van der Waals surface area (Å²) in [6.45, 7) is 6.98. The monoisotopic (exact) mass is 373 g/mol. The first-order chi connectivity index (χ1) is 13.0. The van der Waals surface area contributed by atoms with E-state index in [9.17, 15) is 9.59 Å². The van der Waals surface area contributed by atoms with Gasteiger partial charge in [-0.3, -0.25) is 9.59 Å². The van der Waals surface area contributed by atoms with Gasteiger partial charge in [0.25, 0.3) is 11.8 Å². The summed E-state index contributed by atoms with van der Waals surface area (Å²) >= 11 is 0. The van der Waals surface area contributed by atoms with E-state index in [1.807, 2.05) is 35.8 Å². The number of aryl methyl sites for hydroxylation is 2. The lowest BCUT2D eigenvalue weighted by atomic mass is 10.0. The summed E-state index contributed by atoms with van der Waals surface area (Å²) in [7, 11) is 0. The number of likely N-dealkylation sites (tertiary alicyclic amines) is 2. The number of nitrogens with two attached hydrogens (primary N) is 1. The predicted octanol–water partition coefficient (Wildman–Crippen LogP) is 2.26. The molecule has 2 N–H and O–H groups in total. The van der Waals surface area contributed by atoms with Gasteiger partial charge in [-0.05, 0) is 69.2 Å². The molecule has 2 fully saturated rings. The molecule has 2 heterocycles. The zero-order valence-electron chi connectivity index (χ0n) is 16.5. The van der Waals surface area contributed by atoms with Gasteiger partial charge >= 0.3 is 0 Å². The average Bonchev–Trinajstić information content (AvgIpc) is 2.67. The van der Waals surface area contributed by atoms with Crippen LogP contribution in [0.25, 0.3) is 0 Å². The Hall–Kier alpha value is -2.08. The summed E-state index contributed by atoms with van der Waals surface area (Å²) in [5.74, 6) is 0.792. The molecular weight excluding hydrogens is 342 g/mol. The van der Waals surface area contributed by atoms with E-state index in [-0.39, 0.29) is 24.5 Å². The highest BCUT2D eigenvalue weighted by Gasteiger charge is 2.23. The van der Waals surface area contributed by atoms with Gasteiger partial charge in [-0.25, -0.2) is 0 Å². The molecule has 27 heavy (non-hydrogen) atoms. The Bertz CT molecular complexity index is 667. The molecule has 1 aromatic carbocycles. The van der Waals surface area contributed by atoms with Crippen LogP contribution in [0.3, 0.4) is 0 Å². The van der Waals surface area contributed by atoms with Crippen molar-refractivity contribution in [1.29, 1.82) is 0 Å². The maximum Gasteiger partial charge on any atom is 0.260 e. The van der Waals surface area contributed by atoms with E-state index in [0.717, 1.165) is 49.9 Å². The van der Waals surface area contributed by atoms with Crippen LogP contribution < -0.4 is 10.5 Å². The number of hydrogen-bond donors (Lipinski definition) is 1. The SMILES string of the molecule is Cc1cc(C(=O)N2CCC(N)CC2)cc(C)c1OCC(=O)N1CCCCC1. The second kappa shape index (κ2) is 8.74. The molecule has 0 aliphatic carbocycles. The van der Waals surface area contributed by atoms with E-state index < -0.39 is 0 Å². The Balaban J connectivity index is 1.64. The van der Waals surface area contributed by atoms with Gasteiger partial charge in [0.2, 0.25) is 0 Å². The number of rotatable bonds is 4. The third kappa shape index (κ3) is 4.80. The first-order valence-corrected chi connectivity index (χ1v) is 10.0. The zero-order valence-corrected chi connectivity index (χ0v) is 16.5.